The van der Waals surface area contributed by atoms with Gasteiger partial charge in [0.1, 0.15) is 5.75 Å². The summed E-state index contributed by atoms with van der Waals surface area (Å²) in [5.41, 5.74) is 6.23. The second-order valence-corrected chi connectivity index (χ2v) is 5.52. The molecule has 1 aromatic rings. The van der Waals surface area contributed by atoms with E-state index in [9.17, 15) is 4.79 Å². The van der Waals surface area contributed by atoms with Gasteiger partial charge in [-0.15, -0.1) is 0 Å². The number of benzene rings is 1. The zero-order chi connectivity index (χ0) is 14.4. The van der Waals surface area contributed by atoms with E-state index in [0.717, 1.165) is 32.1 Å². The standard InChI is InChI=1S/C16H24N2O2/c1-2-12-20-14-9-5-4-8-13(14)18-15(19)16(17)10-6-3-7-11-16/h4-5,8-9H,2-3,6-7,10-12,17H2,1H3,(H,18,19). The van der Waals surface area contributed by atoms with E-state index in [1.54, 1.807) is 0 Å². The first-order chi connectivity index (χ1) is 9.65. The van der Waals surface area contributed by atoms with E-state index >= 15 is 0 Å². The van der Waals surface area contributed by atoms with E-state index in [2.05, 4.69) is 12.2 Å². The molecule has 0 aromatic heterocycles. The molecular formula is C16H24N2O2. The van der Waals surface area contributed by atoms with Gasteiger partial charge in [0, 0.05) is 0 Å². The predicted molar refractivity (Wildman–Crippen MR) is 80.9 cm³/mol. The van der Waals surface area contributed by atoms with Crippen LogP contribution in [0.5, 0.6) is 5.75 Å². The Bertz CT molecular complexity index is 454. The van der Waals surface area contributed by atoms with E-state index in [-0.39, 0.29) is 5.91 Å². The van der Waals surface area contributed by atoms with Crippen molar-refractivity contribution >= 4 is 11.6 Å². The number of nitrogens with two attached hydrogens (primary N) is 1. The van der Waals surface area contributed by atoms with Crippen molar-refractivity contribution in [1.82, 2.24) is 0 Å². The molecular weight excluding hydrogens is 252 g/mol. The Hall–Kier alpha value is -1.55. The normalized spacial score (nSPS) is 17.5. The molecule has 0 atom stereocenters. The molecule has 1 fully saturated rings. The Morgan fingerprint density at radius 1 is 1.30 bits per heavy atom. The molecule has 1 aliphatic rings. The molecule has 1 saturated carbocycles. The molecule has 1 amide bonds. The highest BCUT2D eigenvalue weighted by Crippen LogP contribution is 2.29. The quantitative estimate of drug-likeness (QED) is 0.868. The molecule has 0 radical (unpaired) electrons. The summed E-state index contributed by atoms with van der Waals surface area (Å²) in [5, 5.41) is 2.94. The molecule has 20 heavy (non-hydrogen) atoms. The summed E-state index contributed by atoms with van der Waals surface area (Å²) >= 11 is 0. The van der Waals surface area contributed by atoms with Crippen molar-refractivity contribution in [3.8, 4) is 5.75 Å². The fourth-order valence-corrected chi connectivity index (χ4v) is 2.56. The van der Waals surface area contributed by atoms with Gasteiger partial charge in [0.15, 0.2) is 0 Å². The van der Waals surface area contributed by atoms with Crippen LogP contribution in [-0.4, -0.2) is 18.1 Å². The SMILES string of the molecule is CCCOc1ccccc1NC(=O)C1(N)CCCCC1. The summed E-state index contributed by atoms with van der Waals surface area (Å²) in [4.78, 5) is 12.4. The Morgan fingerprint density at radius 3 is 2.70 bits per heavy atom. The van der Waals surface area contributed by atoms with Crippen LogP contribution in [0.2, 0.25) is 0 Å². The minimum absolute atomic E-state index is 0.0928. The van der Waals surface area contributed by atoms with Crippen molar-refractivity contribution in [1.29, 1.82) is 0 Å². The Labute approximate surface area is 120 Å². The number of hydrogen-bond donors (Lipinski definition) is 2. The zero-order valence-electron chi connectivity index (χ0n) is 12.2. The van der Waals surface area contributed by atoms with E-state index in [1.165, 1.54) is 6.42 Å². The average molecular weight is 276 g/mol. The van der Waals surface area contributed by atoms with Gasteiger partial charge in [0.2, 0.25) is 5.91 Å². The lowest BCUT2D eigenvalue weighted by atomic mass is 9.82. The summed E-state index contributed by atoms with van der Waals surface area (Å²) in [6, 6.07) is 7.52. The van der Waals surface area contributed by atoms with Gasteiger partial charge in [0.05, 0.1) is 17.8 Å². The Morgan fingerprint density at radius 2 is 2.00 bits per heavy atom. The van der Waals surface area contributed by atoms with Crippen molar-refractivity contribution in [2.24, 2.45) is 5.73 Å². The van der Waals surface area contributed by atoms with Crippen LogP contribution in [-0.2, 0) is 4.79 Å². The molecule has 0 aliphatic heterocycles. The number of hydrogen-bond acceptors (Lipinski definition) is 3. The van der Waals surface area contributed by atoms with Crippen molar-refractivity contribution in [2.45, 2.75) is 51.0 Å². The third-order valence-electron chi connectivity index (χ3n) is 3.79. The van der Waals surface area contributed by atoms with E-state index in [0.29, 0.717) is 18.0 Å². The van der Waals surface area contributed by atoms with Gasteiger partial charge >= 0.3 is 0 Å². The molecule has 3 N–H and O–H groups in total. The molecule has 1 aromatic carbocycles. The molecule has 1 aliphatic carbocycles. The highest BCUT2D eigenvalue weighted by Gasteiger charge is 2.35. The van der Waals surface area contributed by atoms with Gasteiger partial charge in [-0.25, -0.2) is 0 Å². The van der Waals surface area contributed by atoms with Gasteiger partial charge < -0.3 is 15.8 Å². The monoisotopic (exact) mass is 276 g/mol. The maximum atomic E-state index is 12.4. The lowest BCUT2D eigenvalue weighted by molar-refractivity contribution is -0.122. The highest BCUT2D eigenvalue weighted by atomic mass is 16.5. The van der Waals surface area contributed by atoms with E-state index in [4.69, 9.17) is 10.5 Å². The lowest BCUT2D eigenvalue weighted by Gasteiger charge is -2.32. The number of nitrogens with one attached hydrogen (secondary N) is 1. The minimum Gasteiger partial charge on any atom is -0.491 e. The van der Waals surface area contributed by atoms with Crippen LogP contribution >= 0.6 is 0 Å². The van der Waals surface area contributed by atoms with Gasteiger partial charge in [-0.3, -0.25) is 4.79 Å². The molecule has 0 heterocycles. The first-order valence-electron chi connectivity index (χ1n) is 7.48. The summed E-state index contributed by atoms with van der Waals surface area (Å²) < 4.78 is 5.65. The van der Waals surface area contributed by atoms with Crippen LogP contribution < -0.4 is 15.8 Å². The van der Waals surface area contributed by atoms with E-state index < -0.39 is 5.54 Å². The number of carbonyl (C=O) groups excluding carboxylic acids is 1. The Kier molecular flexibility index (Phi) is 5.01. The van der Waals surface area contributed by atoms with Crippen LogP contribution in [0.1, 0.15) is 45.4 Å². The lowest BCUT2D eigenvalue weighted by Crippen LogP contribution is -2.52. The number of ether oxygens (including phenoxy) is 1. The van der Waals surface area contributed by atoms with Crippen LogP contribution in [0.3, 0.4) is 0 Å². The second kappa shape index (κ2) is 6.75. The smallest absolute Gasteiger partial charge is 0.244 e. The van der Waals surface area contributed by atoms with Crippen LogP contribution in [0.4, 0.5) is 5.69 Å². The molecule has 0 saturated heterocycles. The van der Waals surface area contributed by atoms with Crippen LogP contribution in [0, 0.1) is 0 Å². The number of anilines is 1. The van der Waals surface area contributed by atoms with E-state index in [1.807, 2.05) is 24.3 Å². The minimum atomic E-state index is -0.726. The second-order valence-electron chi connectivity index (χ2n) is 5.52. The topological polar surface area (TPSA) is 64.3 Å². The zero-order valence-corrected chi connectivity index (χ0v) is 12.2. The fourth-order valence-electron chi connectivity index (χ4n) is 2.56. The molecule has 4 heteroatoms. The van der Waals surface area contributed by atoms with Crippen molar-refractivity contribution in [2.75, 3.05) is 11.9 Å². The van der Waals surface area contributed by atoms with Crippen LogP contribution in [0.15, 0.2) is 24.3 Å². The molecule has 0 bridgehead atoms. The number of amides is 1. The van der Waals surface area contributed by atoms with Gasteiger partial charge in [0.25, 0.3) is 0 Å². The summed E-state index contributed by atoms with van der Waals surface area (Å²) in [7, 11) is 0. The molecule has 0 unspecified atom stereocenters. The Balaban J connectivity index is 2.07. The third kappa shape index (κ3) is 3.51. The largest absolute Gasteiger partial charge is 0.491 e. The summed E-state index contributed by atoms with van der Waals surface area (Å²) in [5.74, 6) is 0.617. The summed E-state index contributed by atoms with van der Waals surface area (Å²) in [6.45, 7) is 2.69. The summed E-state index contributed by atoms with van der Waals surface area (Å²) in [6.07, 6.45) is 5.68. The third-order valence-corrected chi connectivity index (χ3v) is 3.79. The van der Waals surface area contributed by atoms with Gasteiger partial charge in [-0.1, -0.05) is 38.3 Å². The van der Waals surface area contributed by atoms with Gasteiger partial charge in [-0.2, -0.15) is 0 Å². The first kappa shape index (κ1) is 14.9. The maximum Gasteiger partial charge on any atom is 0.244 e. The number of rotatable bonds is 5. The van der Waals surface area contributed by atoms with Crippen molar-refractivity contribution < 1.29 is 9.53 Å². The van der Waals surface area contributed by atoms with Crippen molar-refractivity contribution in [3.05, 3.63) is 24.3 Å². The van der Waals surface area contributed by atoms with Crippen molar-refractivity contribution in [3.63, 3.8) is 0 Å². The van der Waals surface area contributed by atoms with Gasteiger partial charge in [-0.05, 0) is 31.4 Å². The molecule has 4 nitrogen and oxygen atoms in total. The fraction of sp³-hybridized carbons (Fsp3) is 0.562. The molecule has 2 rings (SSSR count). The number of carbonyl (C=O) groups is 1. The molecule has 0 spiro atoms. The first-order valence-corrected chi connectivity index (χ1v) is 7.48. The highest BCUT2D eigenvalue weighted by molar-refractivity contribution is 5.99. The average Bonchev–Trinajstić information content (AvgIpc) is 2.47. The van der Waals surface area contributed by atoms with Crippen LogP contribution in [0.25, 0.3) is 0 Å². The number of para-hydroxylation sites is 2. The maximum absolute atomic E-state index is 12.4. The predicted octanol–water partition coefficient (Wildman–Crippen LogP) is 3.08. The molecule has 110 valence electrons.